The van der Waals surface area contributed by atoms with Gasteiger partial charge in [-0.3, -0.25) is 9.69 Å². The van der Waals surface area contributed by atoms with E-state index in [1.807, 2.05) is 0 Å². The Morgan fingerprint density at radius 2 is 1.91 bits per heavy atom. The first-order chi connectivity index (χ1) is 15.7. The topological polar surface area (TPSA) is 93.5 Å². The van der Waals surface area contributed by atoms with Crippen LogP contribution in [0.1, 0.15) is 40.2 Å². The second-order valence-corrected chi connectivity index (χ2v) is 11.1. The largest absolute Gasteiger partial charge is 0.312 e. The van der Waals surface area contributed by atoms with Crippen LogP contribution in [0.15, 0.2) is 54.5 Å². The van der Waals surface area contributed by atoms with Crippen molar-refractivity contribution in [1.29, 1.82) is 5.26 Å². The van der Waals surface area contributed by atoms with Crippen molar-refractivity contribution in [2.45, 2.75) is 37.8 Å². The summed E-state index contributed by atoms with van der Waals surface area (Å²) >= 11 is 1.44. The summed E-state index contributed by atoms with van der Waals surface area (Å²) in [6.45, 7) is 13.4. The number of nitriles is 1. The third kappa shape index (κ3) is 5.25. The van der Waals surface area contributed by atoms with E-state index in [1.165, 1.54) is 52.1 Å². The van der Waals surface area contributed by atoms with E-state index in [1.54, 1.807) is 0 Å². The van der Waals surface area contributed by atoms with Gasteiger partial charge in [0.15, 0.2) is 0 Å². The fourth-order valence-corrected chi connectivity index (χ4v) is 6.33. The van der Waals surface area contributed by atoms with Gasteiger partial charge in [0.05, 0.1) is 10.5 Å². The number of thiophene rings is 1. The minimum atomic E-state index is -3.74. The van der Waals surface area contributed by atoms with Gasteiger partial charge in [-0.15, -0.1) is 24.5 Å². The molecule has 3 rings (SSSR count). The highest BCUT2D eigenvalue weighted by molar-refractivity contribution is 7.89. The van der Waals surface area contributed by atoms with E-state index in [4.69, 9.17) is 0 Å². The molecule has 9 heteroatoms. The molecule has 174 valence electrons. The molecule has 1 aromatic carbocycles. The summed E-state index contributed by atoms with van der Waals surface area (Å²) in [6, 6.07) is 8.43. The van der Waals surface area contributed by atoms with Gasteiger partial charge >= 0.3 is 0 Å². The number of carbonyl (C=O) groups excluding carboxylic acids is 1. The van der Waals surface area contributed by atoms with Crippen LogP contribution in [0.4, 0.5) is 5.00 Å². The summed E-state index contributed by atoms with van der Waals surface area (Å²) in [5, 5.41) is 13.1. The smallest absolute Gasteiger partial charge is 0.256 e. The molecule has 0 unspecified atom stereocenters. The van der Waals surface area contributed by atoms with Crippen LogP contribution < -0.4 is 5.32 Å². The van der Waals surface area contributed by atoms with Crippen molar-refractivity contribution < 1.29 is 13.2 Å². The third-order valence-electron chi connectivity index (χ3n) is 5.58. The number of amides is 1. The maximum Gasteiger partial charge on any atom is 0.256 e. The van der Waals surface area contributed by atoms with Gasteiger partial charge in [0.25, 0.3) is 5.91 Å². The number of hydrogen-bond acceptors (Lipinski definition) is 6. The molecule has 1 aromatic heterocycles. The Balaban J connectivity index is 1.80. The molecule has 0 atom stereocenters. The van der Waals surface area contributed by atoms with Gasteiger partial charge in [-0.25, -0.2) is 8.42 Å². The number of rotatable bonds is 9. The molecule has 0 spiro atoms. The zero-order valence-electron chi connectivity index (χ0n) is 18.9. The van der Waals surface area contributed by atoms with Gasteiger partial charge in [0, 0.05) is 42.7 Å². The van der Waals surface area contributed by atoms with Crippen molar-refractivity contribution >= 4 is 32.3 Å². The van der Waals surface area contributed by atoms with Crippen LogP contribution in [0, 0.1) is 11.3 Å². The van der Waals surface area contributed by atoms with Gasteiger partial charge in [-0.2, -0.15) is 9.57 Å². The molecule has 0 saturated carbocycles. The highest BCUT2D eigenvalue weighted by Crippen LogP contribution is 2.37. The molecule has 1 aliphatic rings. The van der Waals surface area contributed by atoms with Crippen LogP contribution in [0.2, 0.25) is 0 Å². The normalized spacial score (nSPS) is 14.0. The zero-order valence-corrected chi connectivity index (χ0v) is 20.5. The van der Waals surface area contributed by atoms with E-state index in [2.05, 4.69) is 43.3 Å². The lowest BCUT2D eigenvalue weighted by Gasteiger charge is -2.30. The van der Waals surface area contributed by atoms with Crippen LogP contribution in [0.3, 0.4) is 0 Å². The van der Waals surface area contributed by atoms with Gasteiger partial charge < -0.3 is 5.32 Å². The second-order valence-electron chi connectivity index (χ2n) is 8.01. The first kappa shape index (κ1) is 24.9. The van der Waals surface area contributed by atoms with Crippen molar-refractivity contribution in [2.75, 3.05) is 25.0 Å². The molecule has 7 nitrogen and oxygen atoms in total. The maximum atomic E-state index is 12.9. The summed E-state index contributed by atoms with van der Waals surface area (Å²) in [7, 11) is -3.74. The van der Waals surface area contributed by atoms with E-state index < -0.39 is 10.0 Å². The first-order valence-electron chi connectivity index (χ1n) is 10.6. The molecule has 1 aliphatic heterocycles. The summed E-state index contributed by atoms with van der Waals surface area (Å²) in [4.78, 5) is 16.4. The molecule has 1 N–H and O–H groups in total. The Hall–Kier alpha value is -2.77. The molecule has 0 saturated heterocycles. The monoisotopic (exact) mass is 484 g/mol. The van der Waals surface area contributed by atoms with Crippen molar-refractivity contribution in [3.63, 3.8) is 0 Å². The van der Waals surface area contributed by atoms with Crippen LogP contribution in [-0.2, 0) is 23.0 Å². The lowest BCUT2D eigenvalue weighted by molar-refractivity contribution is 0.102. The Bertz CT molecular complexity index is 1180. The van der Waals surface area contributed by atoms with Crippen molar-refractivity contribution in [3.05, 3.63) is 71.1 Å². The first-order valence-corrected chi connectivity index (χ1v) is 12.9. The van der Waals surface area contributed by atoms with E-state index in [9.17, 15) is 18.5 Å². The minimum absolute atomic E-state index is 0.0841. The zero-order chi connectivity index (χ0) is 24.2. The standard InChI is InChI=1S/C24H28N4O3S2/c1-5-12-28(13-6-2)33(30,31)19-9-7-18(8-10-19)23(29)26-24-21(15-25)20-11-14-27(17(3)4)16-22(20)32-24/h5-10,17H,1-2,11-14,16H2,3-4H3,(H,26,29). The van der Waals surface area contributed by atoms with E-state index in [-0.39, 0.29) is 23.9 Å². The number of nitrogens with one attached hydrogen (secondary N) is 1. The number of benzene rings is 1. The molecule has 0 fully saturated rings. The molecule has 33 heavy (non-hydrogen) atoms. The highest BCUT2D eigenvalue weighted by Gasteiger charge is 2.27. The number of hydrogen-bond donors (Lipinski definition) is 1. The average molecular weight is 485 g/mol. The van der Waals surface area contributed by atoms with Gasteiger partial charge in [-0.05, 0) is 50.1 Å². The Labute approximate surface area is 199 Å². The van der Waals surface area contributed by atoms with Crippen molar-refractivity contribution in [2.24, 2.45) is 0 Å². The van der Waals surface area contributed by atoms with Gasteiger partial charge in [0.2, 0.25) is 10.0 Å². The molecular formula is C24H28N4O3S2. The van der Waals surface area contributed by atoms with E-state index in [0.717, 1.165) is 30.0 Å². The van der Waals surface area contributed by atoms with E-state index >= 15 is 0 Å². The molecule has 0 radical (unpaired) electrons. The Kier molecular flexibility index (Phi) is 7.87. The number of nitrogens with zero attached hydrogens (tertiary/aromatic N) is 3. The fraction of sp³-hybridized carbons (Fsp3) is 0.333. The van der Waals surface area contributed by atoms with Crippen molar-refractivity contribution in [3.8, 4) is 6.07 Å². The van der Waals surface area contributed by atoms with Crippen LogP contribution in [-0.4, -0.2) is 49.2 Å². The quantitative estimate of drug-likeness (QED) is 0.543. The lowest BCUT2D eigenvalue weighted by Crippen LogP contribution is -2.35. The minimum Gasteiger partial charge on any atom is -0.312 e. The molecule has 1 amide bonds. The summed E-state index contributed by atoms with van der Waals surface area (Å²) in [5.41, 5.74) is 1.85. The van der Waals surface area contributed by atoms with Crippen LogP contribution >= 0.6 is 11.3 Å². The van der Waals surface area contributed by atoms with Gasteiger partial charge in [0.1, 0.15) is 11.1 Å². The van der Waals surface area contributed by atoms with Crippen molar-refractivity contribution in [1.82, 2.24) is 9.21 Å². The number of fused-ring (bicyclic) bond motifs is 1. The second kappa shape index (κ2) is 10.4. The van der Waals surface area contributed by atoms with Crippen LogP contribution in [0.25, 0.3) is 0 Å². The summed E-state index contributed by atoms with van der Waals surface area (Å²) in [5.74, 6) is -0.385. The summed E-state index contributed by atoms with van der Waals surface area (Å²) < 4.78 is 26.9. The average Bonchev–Trinajstić information content (AvgIpc) is 3.14. The van der Waals surface area contributed by atoms with E-state index in [0.29, 0.717) is 22.2 Å². The number of carbonyl (C=O) groups is 1. The number of anilines is 1. The lowest BCUT2D eigenvalue weighted by atomic mass is 10.0. The molecule has 0 bridgehead atoms. The molecule has 2 heterocycles. The molecule has 2 aromatic rings. The SMILES string of the molecule is C=CCN(CC=C)S(=O)(=O)c1ccc(C(=O)Nc2sc3c(c2C#N)CCN(C(C)C)C3)cc1. The van der Waals surface area contributed by atoms with Crippen LogP contribution in [0.5, 0.6) is 0 Å². The Morgan fingerprint density at radius 3 is 2.45 bits per heavy atom. The maximum absolute atomic E-state index is 12.9. The number of sulfonamides is 1. The summed E-state index contributed by atoms with van der Waals surface area (Å²) in [6.07, 6.45) is 3.80. The molecular weight excluding hydrogens is 456 g/mol. The predicted octanol–water partition coefficient (Wildman–Crippen LogP) is 4.00. The molecule has 0 aliphatic carbocycles. The third-order valence-corrected chi connectivity index (χ3v) is 8.55. The predicted molar refractivity (Wildman–Crippen MR) is 132 cm³/mol. The van der Waals surface area contributed by atoms with Gasteiger partial charge in [-0.1, -0.05) is 12.2 Å². The Morgan fingerprint density at radius 1 is 1.27 bits per heavy atom. The fourth-order valence-electron chi connectivity index (χ4n) is 3.73. The highest BCUT2D eigenvalue weighted by atomic mass is 32.2.